The lowest BCUT2D eigenvalue weighted by atomic mass is 10.1. The number of amides is 1. The summed E-state index contributed by atoms with van der Waals surface area (Å²) in [5.74, 6) is -4.87. The Morgan fingerprint density at radius 2 is 1.79 bits per heavy atom. The highest BCUT2D eigenvalue weighted by Crippen LogP contribution is 2.15. The molecule has 19 heavy (non-hydrogen) atoms. The Hall–Kier alpha value is -1.56. The van der Waals surface area contributed by atoms with Gasteiger partial charge in [0.25, 0.3) is 5.91 Å². The number of hydrogen-bond donors (Lipinski definition) is 0. The van der Waals surface area contributed by atoms with Crippen molar-refractivity contribution in [1.29, 1.82) is 0 Å². The van der Waals surface area contributed by atoms with E-state index in [9.17, 15) is 18.0 Å². The third-order valence-electron chi connectivity index (χ3n) is 2.61. The molecule has 1 rings (SSSR count). The normalized spacial score (nSPS) is 10.6. The zero-order valence-corrected chi connectivity index (χ0v) is 10.9. The molecule has 0 atom stereocenters. The molecule has 1 aromatic carbocycles. The fourth-order valence-corrected chi connectivity index (χ4v) is 1.58. The van der Waals surface area contributed by atoms with E-state index in [1.54, 1.807) is 6.92 Å². The largest absolute Gasteiger partial charge is 0.380 e. The van der Waals surface area contributed by atoms with Gasteiger partial charge in [0.2, 0.25) is 0 Å². The second-order valence-corrected chi connectivity index (χ2v) is 3.84. The van der Waals surface area contributed by atoms with Crippen LogP contribution >= 0.6 is 0 Å². The monoisotopic (exact) mass is 275 g/mol. The van der Waals surface area contributed by atoms with E-state index >= 15 is 0 Å². The number of rotatable bonds is 6. The van der Waals surface area contributed by atoms with Gasteiger partial charge >= 0.3 is 0 Å². The minimum atomic E-state index is -1.58. The Bertz CT molecular complexity index is 429. The molecule has 0 heterocycles. The third-order valence-corrected chi connectivity index (χ3v) is 2.61. The standard InChI is InChI=1S/C13H16F3NO2/c1-3-17(5-6-19-4-2)13(18)9-7-10(14)12(16)11(15)8-9/h7-8H,3-6H2,1-2H3. The van der Waals surface area contributed by atoms with Crippen molar-refractivity contribution >= 4 is 5.91 Å². The van der Waals surface area contributed by atoms with Gasteiger partial charge in [0.1, 0.15) is 0 Å². The number of likely N-dealkylation sites (N-methyl/N-ethyl adjacent to an activating group) is 1. The summed E-state index contributed by atoms with van der Waals surface area (Å²) in [5.41, 5.74) is -0.213. The molecule has 0 spiro atoms. The molecule has 0 aliphatic rings. The SMILES string of the molecule is CCOCCN(CC)C(=O)c1cc(F)c(F)c(F)c1. The summed E-state index contributed by atoms with van der Waals surface area (Å²) in [6.07, 6.45) is 0. The van der Waals surface area contributed by atoms with Gasteiger partial charge in [-0.3, -0.25) is 4.79 Å². The molecule has 0 saturated heterocycles. The molecule has 0 aliphatic heterocycles. The number of carbonyl (C=O) groups excluding carboxylic acids is 1. The molecule has 0 aliphatic carbocycles. The summed E-state index contributed by atoms with van der Waals surface area (Å²) in [4.78, 5) is 13.4. The van der Waals surface area contributed by atoms with Crippen LogP contribution in [0.3, 0.4) is 0 Å². The van der Waals surface area contributed by atoms with Gasteiger partial charge in [0, 0.05) is 25.3 Å². The van der Waals surface area contributed by atoms with E-state index in [0.717, 1.165) is 0 Å². The van der Waals surface area contributed by atoms with Crippen LogP contribution in [0.5, 0.6) is 0 Å². The number of halogens is 3. The van der Waals surface area contributed by atoms with Gasteiger partial charge in [0.05, 0.1) is 6.61 Å². The van der Waals surface area contributed by atoms with Crippen molar-refractivity contribution in [3.05, 3.63) is 35.1 Å². The lowest BCUT2D eigenvalue weighted by Crippen LogP contribution is -2.34. The molecule has 6 heteroatoms. The second kappa shape index (κ2) is 7.13. The molecule has 0 saturated carbocycles. The van der Waals surface area contributed by atoms with Gasteiger partial charge < -0.3 is 9.64 Å². The van der Waals surface area contributed by atoms with Crippen molar-refractivity contribution in [2.24, 2.45) is 0 Å². The van der Waals surface area contributed by atoms with Gasteiger partial charge in [-0.1, -0.05) is 0 Å². The van der Waals surface area contributed by atoms with Crippen molar-refractivity contribution in [2.45, 2.75) is 13.8 Å². The van der Waals surface area contributed by atoms with E-state index < -0.39 is 23.4 Å². The zero-order chi connectivity index (χ0) is 14.4. The molecule has 0 bridgehead atoms. The lowest BCUT2D eigenvalue weighted by molar-refractivity contribution is 0.0668. The number of carbonyl (C=O) groups is 1. The fraction of sp³-hybridized carbons (Fsp3) is 0.462. The molecule has 3 nitrogen and oxygen atoms in total. The van der Waals surface area contributed by atoms with Crippen molar-refractivity contribution in [2.75, 3.05) is 26.3 Å². The smallest absolute Gasteiger partial charge is 0.254 e. The van der Waals surface area contributed by atoms with Gasteiger partial charge in [-0.15, -0.1) is 0 Å². The lowest BCUT2D eigenvalue weighted by Gasteiger charge is -2.20. The molecule has 1 aromatic rings. The molecular formula is C13H16F3NO2. The van der Waals surface area contributed by atoms with Crippen LogP contribution in [0.1, 0.15) is 24.2 Å². The maximum atomic E-state index is 13.1. The predicted octanol–water partition coefficient (Wildman–Crippen LogP) is 2.60. The molecule has 0 aromatic heterocycles. The highest BCUT2D eigenvalue weighted by atomic mass is 19.2. The van der Waals surface area contributed by atoms with Crippen LogP contribution in [-0.2, 0) is 4.74 Å². The first-order valence-electron chi connectivity index (χ1n) is 6.02. The second-order valence-electron chi connectivity index (χ2n) is 3.84. The highest BCUT2D eigenvalue weighted by Gasteiger charge is 2.18. The van der Waals surface area contributed by atoms with Gasteiger partial charge in [-0.05, 0) is 26.0 Å². The van der Waals surface area contributed by atoms with Crippen molar-refractivity contribution in [3.8, 4) is 0 Å². The van der Waals surface area contributed by atoms with E-state index in [1.165, 1.54) is 4.90 Å². The first-order chi connectivity index (χ1) is 9.01. The Balaban J connectivity index is 2.85. The summed E-state index contributed by atoms with van der Waals surface area (Å²) in [6, 6.07) is 1.40. The first-order valence-corrected chi connectivity index (χ1v) is 6.02. The quantitative estimate of drug-likeness (QED) is 0.590. The summed E-state index contributed by atoms with van der Waals surface area (Å²) >= 11 is 0. The Labute approximate surface area is 110 Å². The van der Waals surface area contributed by atoms with Crippen molar-refractivity contribution < 1.29 is 22.7 Å². The molecule has 0 fully saturated rings. The average Bonchev–Trinajstić information content (AvgIpc) is 2.40. The Morgan fingerprint density at radius 1 is 1.21 bits per heavy atom. The number of benzene rings is 1. The summed E-state index contributed by atoms with van der Waals surface area (Å²) in [5, 5.41) is 0. The molecule has 106 valence electrons. The molecule has 0 radical (unpaired) electrons. The van der Waals surface area contributed by atoms with Crippen LogP contribution in [0, 0.1) is 17.5 Å². The molecule has 0 unspecified atom stereocenters. The van der Waals surface area contributed by atoms with E-state index in [4.69, 9.17) is 4.74 Å². The van der Waals surface area contributed by atoms with Crippen LogP contribution < -0.4 is 0 Å². The number of nitrogens with zero attached hydrogens (tertiary/aromatic N) is 1. The highest BCUT2D eigenvalue weighted by molar-refractivity contribution is 5.94. The first kappa shape index (κ1) is 15.5. The van der Waals surface area contributed by atoms with E-state index in [2.05, 4.69) is 0 Å². The van der Waals surface area contributed by atoms with Crippen LogP contribution in [0.2, 0.25) is 0 Å². The van der Waals surface area contributed by atoms with E-state index in [0.29, 0.717) is 38.4 Å². The van der Waals surface area contributed by atoms with Crippen LogP contribution in [-0.4, -0.2) is 37.1 Å². The van der Waals surface area contributed by atoms with Crippen molar-refractivity contribution in [1.82, 2.24) is 4.90 Å². The minimum absolute atomic E-state index is 0.213. The third kappa shape index (κ3) is 3.96. The molecular weight excluding hydrogens is 259 g/mol. The summed E-state index contributed by atoms with van der Waals surface area (Å²) in [6.45, 7) is 5.09. The van der Waals surface area contributed by atoms with Crippen LogP contribution in [0.4, 0.5) is 13.2 Å². The zero-order valence-electron chi connectivity index (χ0n) is 10.9. The fourth-order valence-electron chi connectivity index (χ4n) is 1.58. The van der Waals surface area contributed by atoms with Gasteiger partial charge in [-0.25, -0.2) is 13.2 Å². The van der Waals surface area contributed by atoms with Crippen LogP contribution in [0.15, 0.2) is 12.1 Å². The van der Waals surface area contributed by atoms with Gasteiger partial charge in [-0.2, -0.15) is 0 Å². The maximum absolute atomic E-state index is 13.1. The summed E-state index contributed by atoms with van der Waals surface area (Å²) in [7, 11) is 0. The van der Waals surface area contributed by atoms with Gasteiger partial charge in [0.15, 0.2) is 17.5 Å². The number of ether oxygens (including phenoxy) is 1. The molecule has 1 amide bonds. The van der Waals surface area contributed by atoms with E-state index in [-0.39, 0.29) is 5.56 Å². The van der Waals surface area contributed by atoms with Crippen molar-refractivity contribution in [3.63, 3.8) is 0 Å². The number of hydrogen-bond acceptors (Lipinski definition) is 2. The minimum Gasteiger partial charge on any atom is -0.380 e. The average molecular weight is 275 g/mol. The summed E-state index contributed by atoms with van der Waals surface area (Å²) < 4.78 is 44.1. The topological polar surface area (TPSA) is 29.5 Å². The van der Waals surface area contributed by atoms with E-state index in [1.807, 2.05) is 6.92 Å². The maximum Gasteiger partial charge on any atom is 0.254 e. The Morgan fingerprint density at radius 3 is 2.26 bits per heavy atom. The molecule has 0 N–H and O–H groups in total. The van der Waals surface area contributed by atoms with Crippen LogP contribution in [0.25, 0.3) is 0 Å². The predicted molar refractivity (Wildman–Crippen MR) is 64.4 cm³/mol. The Kier molecular flexibility index (Phi) is 5.82.